The number of aliphatic carboxylic acids is 1. The van der Waals surface area contributed by atoms with Crippen LogP contribution in [0.4, 0.5) is 0 Å². The number of ether oxygens (including phenoxy) is 4. The molecule has 3 fully saturated rings. The van der Waals surface area contributed by atoms with E-state index < -0.39 is 17.7 Å². The van der Waals surface area contributed by atoms with Crippen LogP contribution in [0.1, 0.15) is 110 Å². The van der Waals surface area contributed by atoms with Crippen molar-refractivity contribution in [3.8, 4) is 0 Å². The molecule has 2 aliphatic heterocycles. The molecule has 1 saturated carbocycles. The predicted octanol–water partition coefficient (Wildman–Crippen LogP) is 6.53. The zero-order valence-corrected chi connectivity index (χ0v) is 23.7. The summed E-state index contributed by atoms with van der Waals surface area (Å²) in [5, 5.41) is 19.9. The SMILES string of the molecule is CCCCCC(C)(/C=C/[C@@H]1[C@@H](CCCC/C=C/C(=O)O)[C@@H](O)C[C@H]1OC1CCCCO1)OC1CCCCO1. The first-order valence-corrected chi connectivity index (χ1v) is 15.2. The molecule has 3 rings (SSSR count). The Kier molecular flexibility index (Phi) is 13.8. The molecule has 3 aliphatic rings. The highest BCUT2D eigenvalue weighted by Crippen LogP contribution is 2.41. The lowest BCUT2D eigenvalue weighted by Gasteiger charge is -2.34. The van der Waals surface area contributed by atoms with Crippen LogP contribution in [0, 0.1) is 11.8 Å². The van der Waals surface area contributed by atoms with E-state index >= 15 is 0 Å². The number of hydrogen-bond acceptors (Lipinski definition) is 6. The lowest BCUT2D eigenvalue weighted by atomic mass is 9.86. The average molecular weight is 537 g/mol. The second kappa shape index (κ2) is 16.8. The van der Waals surface area contributed by atoms with Gasteiger partial charge in [-0.15, -0.1) is 0 Å². The van der Waals surface area contributed by atoms with Crippen molar-refractivity contribution in [1.29, 1.82) is 0 Å². The second-order valence-electron chi connectivity index (χ2n) is 11.6. The average Bonchev–Trinajstić information content (AvgIpc) is 3.19. The van der Waals surface area contributed by atoms with Crippen LogP contribution in [0.2, 0.25) is 0 Å². The Balaban J connectivity index is 1.70. The Morgan fingerprint density at radius 1 is 1.03 bits per heavy atom. The first-order valence-electron chi connectivity index (χ1n) is 15.2. The van der Waals surface area contributed by atoms with E-state index in [1.807, 2.05) is 0 Å². The Hall–Kier alpha value is -1.25. The summed E-state index contributed by atoms with van der Waals surface area (Å²) >= 11 is 0. The van der Waals surface area contributed by atoms with E-state index in [4.69, 9.17) is 24.1 Å². The van der Waals surface area contributed by atoms with Gasteiger partial charge in [-0.2, -0.15) is 0 Å². The fraction of sp³-hybridized carbons (Fsp3) is 0.839. The molecule has 3 unspecified atom stereocenters. The van der Waals surface area contributed by atoms with Gasteiger partial charge in [0.2, 0.25) is 0 Å². The number of unbranched alkanes of at least 4 members (excludes halogenated alkanes) is 4. The minimum atomic E-state index is -0.908. The third-order valence-corrected chi connectivity index (χ3v) is 8.26. The number of rotatable bonds is 16. The van der Waals surface area contributed by atoms with Crippen LogP contribution in [0.5, 0.6) is 0 Å². The van der Waals surface area contributed by atoms with Gasteiger partial charge in [0.05, 0.1) is 17.8 Å². The van der Waals surface area contributed by atoms with Crippen molar-refractivity contribution in [2.45, 2.75) is 141 Å². The molecule has 38 heavy (non-hydrogen) atoms. The number of allylic oxidation sites excluding steroid dienone is 1. The van der Waals surface area contributed by atoms with E-state index in [0.29, 0.717) is 6.42 Å². The van der Waals surface area contributed by atoms with Crippen LogP contribution >= 0.6 is 0 Å². The number of aliphatic hydroxyl groups excluding tert-OH is 1. The molecule has 7 heteroatoms. The monoisotopic (exact) mass is 536 g/mol. The number of aliphatic hydroxyl groups is 1. The summed E-state index contributed by atoms with van der Waals surface area (Å²) in [6, 6.07) is 0. The van der Waals surface area contributed by atoms with Crippen molar-refractivity contribution in [1.82, 2.24) is 0 Å². The van der Waals surface area contributed by atoms with Gasteiger partial charge < -0.3 is 29.2 Å². The smallest absolute Gasteiger partial charge is 0.327 e. The molecule has 2 N–H and O–H groups in total. The fourth-order valence-corrected chi connectivity index (χ4v) is 6.07. The summed E-state index contributed by atoms with van der Waals surface area (Å²) in [6.45, 7) is 5.88. The number of carboxylic acid groups (broad SMARTS) is 1. The van der Waals surface area contributed by atoms with E-state index in [1.54, 1.807) is 6.08 Å². The molecule has 0 aromatic heterocycles. The highest BCUT2D eigenvalue weighted by atomic mass is 16.7. The summed E-state index contributed by atoms with van der Waals surface area (Å²) in [5.41, 5.74) is -0.428. The van der Waals surface area contributed by atoms with Crippen molar-refractivity contribution in [3.05, 3.63) is 24.3 Å². The van der Waals surface area contributed by atoms with Crippen molar-refractivity contribution in [2.75, 3.05) is 13.2 Å². The molecule has 0 bridgehead atoms. The largest absolute Gasteiger partial charge is 0.478 e. The van der Waals surface area contributed by atoms with Gasteiger partial charge in [-0.3, -0.25) is 0 Å². The zero-order chi connectivity index (χ0) is 27.2. The lowest BCUT2D eigenvalue weighted by Crippen LogP contribution is -2.36. The molecule has 7 nitrogen and oxygen atoms in total. The third kappa shape index (κ3) is 10.7. The van der Waals surface area contributed by atoms with Gasteiger partial charge in [-0.05, 0) is 77.0 Å². The minimum absolute atomic E-state index is 0.0754. The van der Waals surface area contributed by atoms with E-state index in [1.165, 1.54) is 12.5 Å². The highest BCUT2D eigenvalue weighted by Gasteiger charge is 2.43. The zero-order valence-electron chi connectivity index (χ0n) is 23.7. The van der Waals surface area contributed by atoms with Crippen molar-refractivity contribution in [3.63, 3.8) is 0 Å². The van der Waals surface area contributed by atoms with Gasteiger partial charge in [-0.25, -0.2) is 4.79 Å². The van der Waals surface area contributed by atoms with E-state index in [9.17, 15) is 9.90 Å². The van der Waals surface area contributed by atoms with Gasteiger partial charge in [0.25, 0.3) is 0 Å². The second-order valence-corrected chi connectivity index (χ2v) is 11.6. The molecule has 2 saturated heterocycles. The van der Waals surface area contributed by atoms with Gasteiger partial charge in [-0.1, -0.05) is 50.8 Å². The minimum Gasteiger partial charge on any atom is -0.478 e. The lowest BCUT2D eigenvalue weighted by molar-refractivity contribution is -0.208. The van der Waals surface area contributed by atoms with Crippen LogP contribution in [-0.4, -0.2) is 59.8 Å². The maximum Gasteiger partial charge on any atom is 0.327 e. The maximum absolute atomic E-state index is 11.1. The molecule has 0 spiro atoms. The van der Waals surface area contributed by atoms with Gasteiger partial charge in [0.1, 0.15) is 0 Å². The summed E-state index contributed by atoms with van der Waals surface area (Å²) < 4.78 is 24.9. The number of carbonyl (C=O) groups is 1. The van der Waals surface area contributed by atoms with E-state index in [0.717, 1.165) is 96.7 Å². The Morgan fingerprint density at radius 3 is 2.42 bits per heavy atom. The van der Waals surface area contributed by atoms with Crippen molar-refractivity contribution in [2.24, 2.45) is 11.8 Å². The van der Waals surface area contributed by atoms with Crippen molar-refractivity contribution < 1.29 is 34.0 Å². The van der Waals surface area contributed by atoms with Crippen LogP contribution in [0.25, 0.3) is 0 Å². The maximum atomic E-state index is 11.1. The van der Waals surface area contributed by atoms with Gasteiger partial charge in [0.15, 0.2) is 12.6 Å². The Labute approximate surface area is 229 Å². The molecule has 1 aliphatic carbocycles. The first kappa shape index (κ1) is 31.3. The van der Waals surface area contributed by atoms with Crippen LogP contribution in [0.15, 0.2) is 24.3 Å². The molecule has 0 aromatic carbocycles. The fourth-order valence-electron chi connectivity index (χ4n) is 6.07. The van der Waals surface area contributed by atoms with Crippen LogP contribution < -0.4 is 0 Å². The van der Waals surface area contributed by atoms with Gasteiger partial charge >= 0.3 is 5.97 Å². The quantitative estimate of drug-likeness (QED) is 0.131. The summed E-state index contributed by atoms with van der Waals surface area (Å²) in [4.78, 5) is 10.7. The first-order chi connectivity index (χ1) is 18.4. The predicted molar refractivity (Wildman–Crippen MR) is 148 cm³/mol. The molecule has 218 valence electrons. The van der Waals surface area contributed by atoms with Crippen molar-refractivity contribution >= 4 is 5.97 Å². The van der Waals surface area contributed by atoms with E-state index in [2.05, 4.69) is 26.0 Å². The standard InChI is InChI=1S/C31H52O7/c1-3-4-11-19-31(2,38-30-17-10-13-22-36-30)20-18-25-24(14-7-5-6-8-15-28(33)34)26(32)23-27(25)37-29-16-9-12-21-35-29/h8,15,18,20,24-27,29-30,32H,3-7,9-14,16-17,19,21-23H2,1-2H3,(H,33,34)/b15-8+,20-18+/t24-,25-,26+,27-,29?,30?,31?/m1/s1. The molecule has 7 atom stereocenters. The number of carboxylic acids is 1. The molecule has 0 amide bonds. The topological polar surface area (TPSA) is 94.5 Å². The molecular weight excluding hydrogens is 484 g/mol. The van der Waals surface area contributed by atoms with Crippen LogP contribution in [-0.2, 0) is 23.7 Å². The van der Waals surface area contributed by atoms with E-state index in [-0.39, 0.29) is 30.5 Å². The highest BCUT2D eigenvalue weighted by molar-refractivity contribution is 5.79. The summed E-state index contributed by atoms with van der Waals surface area (Å²) in [7, 11) is 0. The number of hydrogen-bond donors (Lipinski definition) is 2. The normalized spacial score (nSPS) is 32.2. The summed E-state index contributed by atoms with van der Waals surface area (Å²) in [6.07, 6.45) is 21.2. The Bertz CT molecular complexity index is 726. The molecule has 2 heterocycles. The molecule has 0 aromatic rings. The van der Waals surface area contributed by atoms with Crippen LogP contribution in [0.3, 0.4) is 0 Å². The molecule has 0 radical (unpaired) electrons. The third-order valence-electron chi connectivity index (χ3n) is 8.26. The molecular formula is C31H52O7. The summed E-state index contributed by atoms with van der Waals surface area (Å²) in [5.74, 6) is -0.741. The Morgan fingerprint density at radius 2 is 1.76 bits per heavy atom. The van der Waals surface area contributed by atoms with Gasteiger partial charge in [0, 0.05) is 31.6 Å².